The Hall–Kier alpha value is -3.38. The van der Waals surface area contributed by atoms with Gasteiger partial charge in [0.25, 0.3) is 0 Å². The van der Waals surface area contributed by atoms with Crippen LogP contribution in [0.4, 0.5) is 5.69 Å². The molecule has 1 saturated carbocycles. The average Bonchev–Trinajstić information content (AvgIpc) is 2.89. The minimum absolute atomic E-state index is 0.0671. The lowest BCUT2D eigenvalue weighted by atomic mass is 9.80. The molecule has 2 heterocycles. The minimum atomic E-state index is 0.0671. The van der Waals surface area contributed by atoms with E-state index < -0.39 is 0 Å². The standard InChI is InChI=1S/C30H35ClN4O2/c1-5-14-35(6-2)27-15-21(4)34-29-24(27)12-9-13-28(29)37-19-25-22(16-32-18-26(25)31)17-33-30(36)23-11-8-7-10-20(23)3/h5-6,9,12-16,18,20,23H,2,7-8,10-11,17,19H2,1,3-4H3,(H,33,36)/b14-5-. The number of fused-ring (bicyclic) bond motifs is 1. The number of para-hydroxylation sites is 1. The molecule has 37 heavy (non-hydrogen) atoms. The summed E-state index contributed by atoms with van der Waals surface area (Å²) in [7, 11) is 0. The van der Waals surface area contributed by atoms with Gasteiger partial charge < -0.3 is 15.0 Å². The van der Waals surface area contributed by atoms with Crippen molar-refractivity contribution in [1.82, 2.24) is 15.3 Å². The number of halogens is 1. The van der Waals surface area contributed by atoms with Crippen LogP contribution >= 0.6 is 11.6 Å². The molecule has 1 amide bonds. The number of carbonyl (C=O) groups is 1. The highest BCUT2D eigenvalue weighted by Crippen LogP contribution is 2.34. The van der Waals surface area contributed by atoms with E-state index in [1.165, 1.54) is 6.42 Å². The van der Waals surface area contributed by atoms with Gasteiger partial charge in [-0.15, -0.1) is 0 Å². The second kappa shape index (κ2) is 12.2. The molecule has 1 aliphatic rings. The molecular weight excluding hydrogens is 484 g/mol. The van der Waals surface area contributed by atoms with Gasteiger partial charge in [-0.2, -0.15) is 0 Å². The Morgan fingerprint density at radius 2 is 2.11 bits per heavy atom. The number of carbonyl (C=O) groups excluding carboxylic acids is 1. The highest BCUT2D eigenvalue weighted by atomic mass is 35.5. The number of allylic oxidation sites excluding steroid dienone is 1. The summed E-state index contributed by atoms with van der Waals surface area (Å²) in [6.07, 6.45) is 13.4. The Balaban J connectivity index is 1.56. The number of rotatable bonds is 9. The number of ether oxygens (including phenoxy) is 1. The fourth-order valence-electron chi connectivity index (χ4n) is 5.04. The van der Waals surface area contributed by atoms with Crippen LogP contribution in [-0.2, 0) is 17.9 Å². The summed E-state index contributed by atoms with van der Waals surface area (Å²) >= 11 is 6.55. The third-order valence-corrected chi connectivity index (χ3v) is 7.39. The molecule has 1 fully saturated rings. The summed E-state index contributed by atoms with van der Waals surface area (Å²) in [5.74, 6) is 1.24. The smallest absolute Gasteiger partial charge is 0.223 e. The first-order valence-corrected chi connectivity index (χ1v) is 13.3. The maximum atomic E-state index is 12.9. The highest BCUT2D eigenvalue weighted by Gasteiger charge is 2.27. The Kier molecular flexibility index (Phi) is 8.82. The first-order valence-electron chi connectivity index (χ1n) is 12.9. The second-order valence-corrected chi connectivity index (χ2v) is 10.0. The molecule has 2 aromatic heterocycles. The summed E-state index contributed by atoms with van der Waals surface area (Å²) in [4.78, 5) is 23.9. The molecule has 2 atom stereocenters. The number of hydrogen-bond donors (Lipinski definition) is 1. The third-order valence-electron chi connectivity index (χ3n) is 7.06. The Labute approximate surface area is 224 Å². The van der Waals surface area contributed by atoms with Crippen molar-refractivity contribution >= 4 is 34.1 Å². The molecule has 0 saturated heterocycles. The van der Waals surface area contributed by atoms with Crippen molar-refractivity contribution in [3.63, 3.8) is 0 Å². The van der Waals surface area contributed by atoms with E-state index in [1.807, 2.05) is 55.3 Å². The molecule has 3 aromatic rings. The number of hydrogen-bond acceptors (Lipinski definition) is 5. The fourth-order valence-corrected chi connectivity index (χ4v) is 5.28. The van der Waals surface area contributed by atoms with E-state index in [0.717, 1.165) is 52.7 Å². The summed E-state index contributed by atoms with van der Waals surface area (Å²) in [5.41, 5.74) is 4.26. The summed E-state index contributed by atoms with van der Waals surface area (Å²) in [6, 6.07) is 7.92. The van der Waals surface area contributed by atoms with E-state index in [9.17, 15) is 4.79 Å². The van der Waals surface area contributed by atoms with Crippen molar-refractivity contribution in [2.45, 2.75) is 59.6 Å². The van der Waals surface area contributed by atoms with Crippen LogP contribution in [0.25, 0.3) is 10.9 Å². The molecule has 194 valence electrons. The molecule has 0 aliphatic heterocycles. The molecular formula is C30H35ClN4O2. The van der Waals surface area contributed by atoms with Crippen molar-refractivity contribution in [2.75, 3.05) is 4.90 Å². The zero-order valence-corrected chi connectivity index (χ0v) is 22.6. The molecule has 1 aliphatic carbocycles. The summed E-state index contributed by atoms with van der Waals surface area (Å²) < 4.78 is 6.30. The molecule has 7 heteroatoms. The molecule has 4 rings (SSSR count). The first kappa shape index (κ1) is 26.7. The van der Waals surface area contributed by atoms with Crippen molar-refractivity contribution < 1.29 is 9.53 Å². The number of amides is 1. The number of benzene rings is 1. The van der Waals surface area contributed by atoms with Gasteiger partial charge in [0.05, 0.1) is 10.7 Å². The van der Waals surface area contributed by atoms with Crippen LogP contribution in [0, 0.1) is 18.8 Å². The maximum Gasteiger partial charge on any atom is 0.223 e. The molecule has 1 N–H and O–H groups in total. The lowest BCUT2D eigenvalue weighted by Gasteiger charge is -2.27. The number of aromatic nitrogens is 2. The molecule has 2 unspecified atom stereocenters. The first-order chi connectivity index (χ1) is 17.9. The van der Waals surface area contributed by atoms with Crippen LogP contribution in [0.5, 0.6) is 5.75 Å². The van der Waals surface area contributed by atoms with E-state index in [1.54, 1.807) is 18.6 Å². The average molecular weight is 519 g/mol. The van der Waals surface area contributed by atoms with Crippen LogP contribution < -0.4 is 15.0 Å². The minimum Gasteiger partial charge on any atom is -0.487 e. The Morgan fingerprint density at radius 1 is 1.30 bits per heavy atom. The fraction of sp³-hybridized carbons (Fsp3) is 0.367. The van der Waals surface area contributed by atoms with E-state index in [-0.39, 0.29) is 18.4 Å². The lowest BCUT2D eigenvalue weighted by molar-refractivity contribution is -0.127. The van der Waals surface area contributed by atoms with Gasteiger partial charge in [-0.25, -0.2) is 4.98 Å². The summed E-state index contributed by atoms with van der Waals surface area (Å²) in [6.45, 7) is 10.6. The van der Waals surface area contributed by atoms with Gasteiger partial charge >= 0.3 is 0 Å². The Bertz CT molecular complexity index is 1310. The van der Waals surface area contributed by atoms with Crippen LogP contribution in [0.1, 0.15) is 56.4 Å². The van der Waals surface area contributed by atoms with E-state index >= 15 is 0 Å². The highest BCUT2D eigenvalue weighted by molar-refractivity contribution is 6.31. The zero-order valence-electron chi connectivity index (χ0n) is 21.8. The van der Waals surface area contributed by atoms with Gasteiger partial charge in [0, 0.05) is 53.9 Å². The van der Waals surface area contributed by atoms with E-state index in [4.69, 9.17) is 21.3 Å². The zero-order chi connectivity index (χ0) is 26.4. The lowest BCUT2D eigenvalue weighted by Crippen LogP contribution is -2.35. The SMILES string of the molecule is C=CN(/C=C\C)c1cc(C)nc2c(OCc3c(Cl)cncc3CNC(=O)C3CCCCC3C)cccc12. The van der Waals surface area contributed by atoms with Crippen LogP contribution in [0.3, 0.4) is 0 Å². The topological polar surface area (TPSA) is 67.3 Å². The van der Waals surface area contributed by atoms with Crippen molar-refractivity contribution in [1.29, 1.82) is 0 Å². The number of nitrogens with zero attached hydrogens (tertiary/aromatic N) is 3. The molecule has 1 aromatic carbocycles. The third kappa shape index (κ3) is 6.13. The Morgan fingerprint density at radius 3 is 2.86 bits per heavy atom. The maximum absolute atomic E-state index is 12.9. The van der Waals surface area contributed by atoms with Crippen molar-refractivity contribution in [3.8, 4) is 5.75 Å². The van der Waals surface area contributed by atoms with E-state index in [2.05, 4.69) is 23.8 Å². The monoisotopic (exact) mass is 518 g/mol. The van der Waals surface area contributed by atoms with Gasteiger partial charge in [-0.1, -0.05) is 56.2 Å². The largest absolute Gasteiger partial charge is 0.487 e. The molecule has 0 spiro atoms. The van der Waals surface area contributed by atoms with Gasteiger partial charge in [0.1, 0.15) is 17.9 Å². The predicted molar refractivity (Wildman–Crippen MR) is 151 cm³/mol. The van der Waals surface area contributed by atoms with Crippen molar-refractivity contribution in [3.05, 3.63) is 83.6 Å². The normalized spacial score (nSPS) is 17.6. The van der Waals surface area contributed by atoms with Crippen LogP contribution in [0.2, 0.25) is 5.02 Å². The second-order valence-electron chi connectivity index (χ2n) is 9.64. The number of pyridine rings is 2. The number of anilines is 1. The van der Waals surface area contributed by atoms with Crippen molar-refractivity contribution in [2.24, 2.45) is 11.8 Å². The predicted octanol–water partition coefficient (Wildman–Crippen LogP) is 7.10. The number of nitrogens with one attached hydrogen (secondary N) is 1. The molecule has 0 radical (unpaired) electrons. The van der Waals surface area contributed by atoms with Crippen LogP contribution in [-0.4, -0.2) is 15.9 Å². The quantitative estimate of drug-likeness (QED) is 0.327. The van der Waals surface area contributed by atoms with Gasteiger partial charge in [-0.05, 0) is 50.3 Å². The molecule has 0 bridgehead atoms. The van der Waals surface area contributed by atoms with Gasteiger partial charge in [0.2, 0.25) is 5.91 Å². The molecule has 6 nitrogen and oxygen atoms in total. The summed E-state index contributed by atoms with van der Waals surface area (Å²) in [5, 5.41) is 4.58. The van der Waals surface area contributed by atoms with Crippen LogP contribution in [0.15, 0.2) is 61.7 Å². The van der Waals surface area contributed by atoms with Gasteiger partial charge in [-0.3, -0.25) is 9.78 Å². The van der Waals surface area contributed by atoms with Gasteiger partial charge in [0.15, 0.2) is 0 Å². The van der Waals surface area contributed by atoms with E-state index in [0.29, 0.717) is 23.2 Å². The number of aryl methyl sites for hydroxylation is 1.